The van der Waals surface area contributed by atoms with Gasteiger partial charge in [-0.2, -0.15) is 0 Å². The Morgan fingerprint density at radius 2 is 2.06 bits per heavy atom. The van der Waals surface area contributed by atoms with E-state index in [9.17, 15) is 4.79 Å². The second-order valence-electron chi connectivity index (χ2n) is 3.68. The molecule has 0 bridgehead atoms. The summed E-state index contributed by atoms with van der Waals surface area (Å²) in [6.07, 6.45) is 4.95. The SMILES string of the molecule is Nc1ccc(OC2=CC=NC(C(=O)O)=CC2)cc1. The molecule has 0 atom stereocenters. The minimum Gasteiger partial charge on any atom is -0.477 e. The lowest BCUT2D eigenvalue weighted by Gasteiger charge is -2.07. The van der Waals surface area contributed by atoms with Gasteiger partial charge in [0, 0.05) is 18.3 Å². The summed E-state index contributed by atoms with van der Waals surface area (Å²) in [5, 5.41) is 8.81. The van der Waals surface area contributed by atoms with Crippen LogP contribution in [-0.2, 0) is 4.79 Å². The van der Waals surface area contributed by atoms with Crippen LogP contribution < -0.4 is 10.5 Å². The maximum atomic E-state index is 10.7. The van der Waals surface area contributed by atoms with Crippen molar-refractivity contribution in [1.29, 1.82) is 0 Å². The molecule has 0 unspecified atom stereocenters. The van der Waals surface area contributed by atoms with E-state index in [1.807, 2.05) is 0 Å². The molecule has 5 heteroatoms. The number of carboxylic acids is 1. The molecular weight excluding hydrogens is 232 g/mol. The number of allylic oxidation sites excluding steroid dienone is 2. The summed E-state index contributed by atoms with van der Waals surface area (Å²) in [7, 11) is 0. The van der Waals surface area contributed by atoms with Gasteiger partial charge in [0.1, 0.15) is 17.2 Å². The third kappa shape index (κ3) is 2.98. The molecule has 2 rings (SSSR count). The maximum absolute atomic E-state index is 10.7. The van der Waals surface area contributed by atoms with Crippen molar-refractivity contribution in [3.8, 4) is 5.75 Å². The van der Waals surface area contributed by atoms with Crippen LogP contribution in [0.15, 0.2) is 52.9 Å². The fourth-order valence-corrected chi connectivity index (χ4v) is 1.42. The summed E-state index contributed by atoms with van der Waals surface area (Å²) in [4.78, 5) is 14.5. The topological polar surface area (TPSA) is 84.9 Å². The summed E-state index contributed by atoms with van der Waals surface area (Å²) >= 11 is 0. The van der Waals surface area contributed by atoms with Crippen LogP contribution >= 0.6 is 0 Å². The minimum atomic E-state index is -1.05. The first-order valence-corrected chi connectivity index (χ1v) is 5.35. The molecule has 0 aromatic heterocycles. The van der Waals surface area contributed by atoms with E-state index in [0.717, 1.165) is 0 Å². The highest BCUT2D eigenvalue weighted by atomic mass is 16.5. The normalized spacial score (nSPS) is 14.4. The highest BCUT2D eigenvalue weighted by Gasteiger charge is 2.08. The molecule has 0 saturated heterocycles. The molecule has 0 saturated carbocycles. The lowest BCUT2D eigenvalue weighted by molar-refractivity contribution is -0.132. The monoisotopic (exact) mass is 244 g/mol. The molecule has 5 nitrogen and oxygen atoms in total. The van der Waals surface area contributed by atoms with E-state index in [1.54, 1.807) is 30.3 Å². The van der Waals surface area contributed by atoms with Crippen molar-refractivity contribution in [2.45, 2.75) is 6.42 Å². The van der Waals surface area contributed by atoms with Crippen LogP contribution in [0.5, 0.6) is 5.75 Å². The van der Waals surface area contributed by atoms with Gasteiger partial charge in [0.25, 0.3) is 0 Å². The molecule has 1 aliphatic rings. The van der Waals surface area contributed by atoms with Gasteiger partial charge in [-0.3, -0.25) is 0 Å². The summed E-state index contributed by atoms with van der Waals surface area (Å²) in [5.74, 6) is 0.226. The number of anilines is 1. The molecule has 0 aliphatic carbocycles. The second kappa shape index (κ2) is 5.18. The molecule has 92 valence electrons. The third-order valence-corrected chi connectivity index (χ3v) is 2.32. The summed E-state index contributed by atoms with van der Waals surface area (Å²) in [5.41, 5.74) is 6.25. The first kappa shape index (κ1) is 11.9. The zero-order valence-corrected chi connectivity index (χ0v) is 9.54. The van der Waals surface area contributed by atoms with Gasteiger partial charge >= 0.3 is 5.97 Å². The largest absolute Gasteiger partial charge is 0.477 e. The predicted octanol–water partition coefficient (Wildman–Crippen LogP) is 1.97. The molecule has 1 aromatic carbocycles. The van der Waals surface area contributed by atoms with Gasteiger partial charge in [-0.05, 0) is 36.4 Å². The quantitative estimate of drug-likeness (QED) is 0.796. The van der Waals surface area contributed by atoms with Crippen molar-refractivity contribution in [3.63, 3.8) is 0 Å². The number of ether oxygens (including phenoxy) is 1. The van der Waals surface area contributed by atoms with Crippen LogP contribution in [0.25, 0.3) is 0 Å². The van der Waals surface area contributed by atoms with Crippen LogP contribution in [0.4, 0.5) is 5.69 Å². The maximum Gasteiger partial charge on any atom is 0.354 e. The fraction of sp³-hybridized carbons (Fsp3) is 0.0769. The summed E-state index contributed by atoms with van der Waals surface area (Å²) < 4.78 is 5.60. The highest BCUT2D eigenvalue weighted by Crippen LogP contribution is 2.19. The first-order chi connectivity index (χ1) is 8.65. The number of nitrogens with two attached hydrogens (primary N) is 1. The van der Waals surface area contributed by atoms with Gasteiger partial charge < -0.3 is 15.6 Å². The van der Waals surface area contributed by atoms with Crippen molar-refractivity contribution < 1.29 is 14.6 Å². The van der Waals surface area contributed by atoms with E-state index >= 15 is 0 Å². The number of aliphatic imine (C=N–C) groups is 1. The molecular formula is C13H12N2O3. The van der Waals surface area contributed by atoms with Crippen LogP contribution in [0.1, 0.15) is 6.42 Å². The molecule has 3 N–H and O–H groups in total. The fourth-order valence-electron chi connectivity index (χ4n) is 1.42. The Morgan fingerprint density at radius 1 is 1.33 bits per heavy atom. The number of carboxylic acid groups (broad SMARTS) is 1. The summed E-state index contributed by atoms with van der Waals surface area (Å²) in [6, 6.07) is 6.97. The molecule has 0 radical (unpaired) electrons. The third-order valence-electron chi connectivity index (χ3n) is 2.32. The van der Waals surface area contributed by atoms with Gasteiger partial charge in [0.2, 0.25) is 0 Å². The molecule has 18 heavy (non-hydrogen) atoms. The Morgan fingerprint density at radius 3 is 2.72 bits per heavy atom. The van der Waals surface area contributed by atoms with Gasteiger partial charge in [-0.15, -0.1) is 0 Å². The zero-order chi connectivity index (χ0) is 13.0. The number of hydrogen-bond donors (Lipinski definition) is 2. The number of aliphatic carboxylic acids is 1. The van der Waals surface area contributed by atoms with Crippen molar-refractivity contribution in [1.82, 2.24) is 0 Å². The molecule has 0 spiro atoms. The number of rotatable bonds is 3. The van der Waals surface area contributed by atoms with Gasteiger partial charge in [0.05, 0.1) is 0 Å². The van der Waals surface area contributed by atoms with E-state index in [0.29, 0.717) is 23.6 Å². The van der Waals surface area contributed by atoms with Crippen molar-refractivity contribution in [3.05, 3.63) is 47.9 Å². The van der Waals surface area contributed by atoms with Gasteiger partial charge in [-0.25, -0.2) is 9.79 Å². The second-order valence-corrected chi connectivity index (χ2v) is 3.68. The Labute approximate surface area is 104 Å². The number of carbonyl (C=O) groups is 1. The number of hydrogen-bond acceptors (Lipinski definition) is 4. The smallest absolute Gasteiger partial charge is 0.354 e. The van der Waals surface area contributed by atoms with Crippen LogP contribution in [0.2, 0.25) is 0 Å². The Balaban J connectivity index is 2.08. The average molecular weight is 244 g/mol. The average Bonchev–Trinajstić information content (AvgIpc) is 2.58. The van der Waals surface area contributed by atoms with Crippen molar-refractivity contribution >= 4 is 17.9 Å². The Hall–Kier alpha value is -2.56. The Bertz CT molecular complexity index is 542. The van der Waals surface area contributed by atoms with E-state index in [2.05, 4.69) is 4.99 Å². The molecule has 0 amide bonds. The molecule has 1 aliphatic heterocycles. The van der Waals surface area contributed by atoms with E-state index in [1.165, 1.54) is 12.3 Å². The summed E-state index contributed by atoms with van der Waals surface area (Å²) in [6.45, 7) is 0. The van der Waals surface area contributed by atoms with Gasteiger partial charge in [-0.1, -0.05) is 0 Å². The molecule has 0 fully saturated rings. The number of nitrogen functional groups attached to an aromatic ring is 1. The van der Waals surface area contributed by atoms with Crippen LogP contribution in [0, 0.1) is 0 Å². The van der Waals surface area contributed by atoms with Crippen LogP contribution in [-0.4, -0.2) is 17.3 Å². The van der Waals surface area contributed by atoms with Crippen molar-refractivity contribution in [2.24, 2.45) is 4.99 Å². The molecule has 1 aromatic rings. The first-order valence-electron chi connectivity index (χ1n) is 5.35. The zero-order valence-electron chi connectivity index (χ0n) is 9.54. The predicted molar refractivity (Wildman–Crippen MR) is 68.4 cm³/mol. The highest BCUT2D eigenvalue weighted by molar-refractivity contribution is 5.90. The Kier molecular flexibility index (Phi) is 3.43. The van der Waals surface area contributed by atoms with Crippen molar-refractivity contribution in [2.75, 3.05) is 5.73 Å². The van der Waals surface area contributed by atoms with Crippen LogP contribution in [0.3, 0.4) is 0 Å². The number of benzene rings is 1. The van der Waals surface area contributed by atoms with E-state index in [4.69, 9.17) is 15.6 Å². The minimum absolute atomic E-state index is 0.0159. The standard InChI is InChI=1S/C13H12N2O3/c14-9-1-3-10(4-2-9)18-11-5-6-12(13(16)17)15-8-7-11/h1-4,6-8H,5,14H2,(H,16,17). The molecule has 1 heterocycles. The lowest BCUT2D eigenvalue weighted by Crippen LogP contribution is -1.98. The van der Waals surface area contributed by atoms with Gasteiger partial charge in [0.15, 0.2) is 0 Å². The van der Waals surface area contributed by atoms with E-state index < -0.39 is 5.97 Å². The van der Waals surface area contributed by atoms with E-state index in [-0.39, 0.29) is 5.70 Å². The lowest BCUT2D eigenvalue weighted by atomic mass is 10.3. The number of nitrogens with zero attached hydrogens (tertiary/aromatic N) is 1.